The summed E-state index contributed by atoms with van der Waals surface area (Å²) >= 11 is 0. The highest BCUT2D eigenvalue weighted by atomic mass is 19.4. The van der Waals surface area contributed by atoms with E-state index in [1.54, 1.807) is 48.7 Å². The van der Waals surface area contributed by atoms with Gasteiger partial charge in [-0.2, -0.15) is 13.2 Å². The number of phenolic OH excluding ortho intramolecular Hbond substituents is 1. The first-order chi connectivity index (χ1) is 14.3. The van der Waals surface area contributed by atoms with E-state index in [2.05, 4.69) is 9.97 Å². The number of rotatable bonds is 4. The van der Waals surface area contributed by atoms with Gasteiger partial charge in [0.2, 0.25) is 0 Å². The number of pyridine rings is 2. The molecule has 30 heavy (non-hydrogen) atoms. The summed E-state index contributed by atoms with van der Waals surface area (Å²) in [4.78, 5) is 8.47. The normalized spacial score (nSPS) is 12.8. The molecule has 2 aromatic carbocycles. The van der Waals surface area contributed by atoms with E-state index >= 15 is 0 Å². The smallest absolute Gasteiger partial charge is 0.419 e. The lowest BCUT2D eigenvalue weighted by Crippen LogP contribution is -2.11. The fourth-order valence-electron chi connectivity index (χ4n) is 3.54. The Hall–Kier alpha value is -3.48. The van der Waals surface area contributed by atoms with Gasteiger partial charge in [0, 0.05) is 41.4 Å². The van der Waals surface area contributed by atoms with Crippen LogP contribution in [0.5, 0.6) is 5.75 Å². The fraction of sp³-hybridized carbons (Fsp3) is 0.130. The summed E-state index contributed by atoms with van der Waals surface area (Å²) in [6.45, 7) is 0. The zero-order valence-electron chi connectivity index (χ0n) is 15.6. The Labute approximate surface area is 169 Å². The maximum Gasteiger partial charge on any atom is 0.419 e. The molecule has 0 bridgehead atoms. The second-order valence-electron chi connectivity index (χ2n) is 6.89. The summed E-state index contributed by atoms with van der Waals surface area (Å²) in [6, 6.07) is 15.1. The molecule has 2 aromatic heterocycles. The number of aromatic hydroxyl groups is 1. The third-order valence-electron chi connectivity index (χ3n) is 4.99. The largest absolute Gasteiger partial charge is 0.505 e. The van der Waals surface area contributed by atoms with Crippen LogP contribution in [0.1, 0.15) is 28.3 Å². The van der Waals surface area contributed by atoms with Crippen molar-refractivity contribution in [2.45, 2.75) is 18.5 Å². The molecule has 2 heterocycles. The van der Waals surface area contributed by atoms with Gasteiger partial charge in [0.15, 0.2) is 0 Å². The molecule has 1 unspecified atom stereocenters. The van der Waals surface area contributed by atoms with Gasteiger partial charge >= 0.3 is 6.18 Å². The number of benzene rings is 2. The maximum atomic E-state index is 14.3. The number of halogens is 4. The van der Waals surface area contributed by atoms with Crippen molar-refractivity contribution in [2.75, 3.05) is 0 Å². The van der Waals surface area contributed by atoms with E-state index in [0.29, 0.717) is 27.7 Å². The molecular weight excluding hydrogens is 396 g/mol. The molecule has 0 saturated carbocycles. The summed E-state index contributed by atoms with van der Waals surface area (Å²) in [5, 5.41) is 11.6. The van der Waals surface area contributed by atoms with Crippen molar-refractivity contribution in [1.82, 2.24) is 9.97 Å². The van der Waals surface area contributed by atoms with Crippen molar-refractivity contribution < 1.29 is 22.7 Å². The van der Waals surface area contributed by atoms with Crippen molar-refractivity contribution in [3.63, 3.8) is 0 Å². The van der Waals surface area contributed by atoms with Crippen molar-refractivity contribution in [3.05, 3.63) is 101 Å². The van der Waals surface area contributed by atoms with Crippen LogP contribution >= 0.6 is 0 Å². The molecule has 0 amide bonds. The summed E-state index contributed by atoms with van der Waals surface area (Å²) in [7, 11) is 0. The van der Waals surface area contributed by atoms with Crippen LogP contribution in [0.15, 0.2) is 73.1 Å². The van der Waals surface area contributed by atoms with E-state index in [0.717, 1.165) is 12.1 Å². The Morgan fingerprint density at radius 3 is 2.40 bits per heavy atom. The van der Waals surface area contributed by atoms with E-state index in [4.69, 9.17) is 0 Å². The summed E-state index contributed by atoms with van der Waals surface area (Å²) in [5.74, 6) is -2.07. The van der Waals surface area contributed by atoms with Crippen LogP contribution in [-0.4, -0.2) is 15.1 Å². The van der Waals surface area contributed by atoms with E-state index in [1.165, 1.54) is 12.3 Å². The second-order valence-corrected chi connectivity index (χ2v) is 6.89. The average Bonchev–Trinajstić information content (AvgIpc) is 2.73. The molecule has 0 radical (unpaired) electrons. The molecule has 1 N–H and O–H groups in total. The van der Waals surface area contributed by atoms with Gasteiger partial charge in [-0.1, -0.05) is 30.3 Å². The quantitative estimate of drug-likeness (QED) is 0.427. The third kappa shape index (κ3) is 3.83. The van der Waals surface area contributed by atoms with Crippen molar-refractivity contribution >= 4 is 10.9 Å². The maximum absolute atomic E-state index is 14.3. The predicted molar refractivity (Wildman–Crippen MR) is 105 cm³/mol. The van der Waals surface area contributed by atoms with Crippen LogP contribution < -0.4 is 0 Å². The lowest BCUT2D eigenvalue weighted by molar-refractivity contribution is -0.140. The van der Waals surface area contributed by atoms with Gasteiger partial charge in [-0.25, -0.2) is 4.39 Å². The van der Waals surface area contributed by atoms with Gasteiger partial charge < -0.3 is 5.11 Å². The Morgan fingerprint density at radius 2 is 1.70 bits per heavy atom. The van der Waals surface area contributed by atoms with Gasteiger partial charge in [-0.05, 0) is 35.9 Å². The van der Waals surface area contributed by atoms with E-state index < -0.39 is 23.5 Å². The second kappa shape index (κ2) is 7.74. The number of aromatic nitrogens is 2. The first-order valence-electron chi connectivity index (χ1n) is 9.18. The molecule has 7 heteroatoms. The molecule has 0 aliphatic carbocycles. The Morgan fingerprint density at radius 1 is 0.900 bits per heavy atom. The minimum absolute atomic E-state index is 0.0886. The molecule has 0 aliphatic heterocycles. The summed E-state index contributed by atoms with van der Waals surface area (Å²) in [5.41, 5.74) is 0.437. The van der Waals surface area contributed by atoms with Gasteiger partial charge in [0.25, 0.3) is 0 Å². The first kappa shape index (κ1) is 19.8. The number of hydrogen-bond acceptors (Lipinski definition) is 3. The van der Waals surface area contributed by atoms with Gasteiger partial charge in [-0.15, -0.1) is 0 Å². The van der Waals surface area contributed by atoms with Crippen molar-refractivity contribution in [1.29, 1.82) is 0 Å². The molecule has 0 spiro atoms. The number of phenols is 1. The Kier molecular flexibility index (Phi) is 5.11. The molecular formula is C23H16F4N2O. The van der Waals surface area contributed by atoms with Crippen molar-refractivity contribution in [2.24, 2.45) is 0 Å². The Balaban J connectivity index is 1.86. The van der Waals surface area contributed by atoms with Crippen molar-refractivity contribution in [3.8, 4) is 5.75 Å². The average molecular weight is 412 g/mol. The number of fused-ring (bicyclic) bond motifs is 1. The van der Waals surface area contributed by atoms with Crippen LogP contribution in [-0.2, 0) is 12.6 Å². The Bertz CT molecular complexity index is 1190. The van der Waals surface area contributed by atoms with Gasteiger partial charge in [0.05, 0.1) is 5.56 Å². The third-order valence-corrected chi connectivity index (χ3v) is 4.99. The van der Waals surface area contributed by atoms with Gasteiger partial charge in [-0.3, -0.25) is 9.97 Å². The van der Waals surface area contributed by atoms with Crippen LogP contribution in [0.4, 0.5) is 17.6 Å². The predicted octanol–water partition coefficient (Wildman–Crippen LogP) is 5.87. The number of alkyl halides is 3. The SMILES string of the molecule is Oc1c(C(Cc2ccccn2)c2ccc(C(F)(F)F)c(F)c2)ccc2cccnc12. The molecule has 1 atom stereocenters. The highest BCUT2D eigenvalue weighted by molar-refractivity contribution is 5.85. The molecule has 0 saturated heterocycles. The zero-order valence-corrected chi connectivity index (χ0v) is 15.6. The first-order valence-corrected chi connectivity index (χ1v) is 9.18. The number of hydrogen-bond donors (Lipinski definition) is 1. The summed E-state index contributed by atoms with van der Waals surface area (Å²) in [6.07, 6.45) is -1.38. The van der Waals surface area contributed by atoms with E-state index in [-0.39, 0.29) is 12.2 Å². The van der Waals surface area contributed by atoms with Crippen LogP contribution in [0, 0.1) is 5.82 Å². The monoisotopic (exact) mass is 412 g/mol. The van der Waals surface area contributed by atoms with Crippen LogP contribution in [0.25, 0.3) is 10.9 Å². The highest BCUT2D eigenvalue weighted by Crippen LogP contribution is 2.39. The lowest BCUT2D eigenvalue weighted by Gasteiger charge is -2.21. The van der Waals surface area contributed by atoms with E-state index in [1.807, 2.05) is 0 Å². The van der Waals surface area contributed by atoms with E-state index in [9.17, 15) is 22.7 Å². The standard InChI is InChI=1S/C23H16F4N2O/c24-20-12-15(7-9-19(20)23(25,26)27)18(13-16-5-1-2-10-28-16)17-8-6-14-4-3-11-29-21(14)22(17)30/h1-12,18,30H,13H2. The topological polar surface area (TPSA) is 46.0 Å². The highest BCUT2D eigenvalue weighted by Gasteiger charge is 2.34. The molecule has 0 fully saturated rings. The molecule has 3 nitrogen and oxygen atoms in total. The zero-order chi connectivity index (χ0) is 21.3. The molecule has 4 aromatic rings. The minimum atomic E-state index is -4.78. The van der Waals surface area contributed by atoms with Gasteiger partial charge in [0.1, 0.15) is 17.1 Å². The van der Waals surface area contributed by atoms with Crippen LogP contribution in [0.3, 0.4) is 0 Å². The molecule has 0 aliphatic rings. The molecule has 4 rings (SSSR count). The number of nitrogens with zero attached hydrogens (tertiary/aromatic N) is 2. The molecule has 152 valence electrons. The minimum Gasteiger partial charge on any atom is -0.505 e. The lowest BCUT2D eigenvalue weighted by atomic mass is 9.85. The summed E-state index contributed by atoms with van der Waals surface area (Å²) < 4.78 is 53.3. The van der Waals surface area contributed by atoms with Crippen LogP contribution in [0.2, 0.25) is 0 Å². The fourth-order valence-corrected chi connectivity index (χ4v) is 3.54.